The number of hydrogen-bond donors (Lipinski definition) is 0. The summed E-state index contributed by atoms with van der Waals surface area (Å²) >= 11 is 0. The Morgan fingerprint density at radius 2 is 2.13 bits per heavy atom. The van der Waals surface area contributed by atoms with E-state index in [0.29, 0.717) is 13.2 Å². The smallest absolute Gasteiger partial charge is 0.312 e. The summed E-state index contributed by atoms with van der Waals surface area (Å²) in [5.74, 6) is -1.08. The molecule has 0 N–H and O–H groups in total. The first-order chi connectivity index (χ1) is 11.1. The lowest BCUT2D eigenvalue weighted by Crippen LogP contribution is -2.40. The quantitative estimate of drug-likeness (QED) is 0.391. The number of fused-ring (bicyclic) bond motifs is 1. The van der Waals surface area contributed by atoms with Gasteiger partial charge in [0.05, 0.1) is 25.2 Å². The molecule has 128 valence electrons. The minimum Gasteiger partial charge on any atom is -0.465 e. The van der Waals surface area contributed by atoms with Gasteiger partial charge in [0.15, 0.2) is 0 Å². The third-order valence-electron chi connectivity index (χ3n) is 5.22. The number of carbonyl (C=O) groups is 2. The summed E-state index contributed by atoms with van der Waals surface area (Å²) in [6, 6.07) is 0. The van der Waals surface area contributed by atoms with E-state index in [1.807, 2.05) is 17.1 Å². The minimum absolute atomic E-state index is 0.0563. The first kappa shape index (κ1) is 16.5. The molecule has 3 heterocycles. The average Bonchev–Trinajstić information content (AvgIpc) is 3.18. The van der Waals surface area contributed by atoms with Gasteiger partial charge in [0.25, 0.3) is 0 Å². The molecule has 4 atom stereocenters. The molecule has 0 saturated carbocycles. The van der Waals surface area contributed by atoms with Crippen LogP contribution >= 0.6 is 0 Å². The molecule has 3 aliphatic heterocycles. The van der Waals surface area contributed by atoms with Gasteiger partial charge in [-0.3, -0.25) is 9.59 Å². The lowest BCUT2D eigenvalue weighted by atomic mass is 9.77. The average molecular weight is 321 g/mol. The van der Waals surface area contributed by atoms with E-state index in [-0.39, 0.29) is 18.0 Å². The largest absolute Gasteiger partial charge is 0.465 e. The van der Waals surface area contributed by atoms with Gasteiger partial charge in [0.2, 0.25) is 5.91 Å². The lowest BCUT2D eigenvalue weighted by molar-refractivity contribution is -0.153. The summed E-state index contributed by atoms with van der Waals surface area (Å²) in [6.07, 6.45) is 8.68. The van der Waals surface area contributed by atoms with Crippen LogP contribution in [0.1, 0.15) is 46.0 Å². The van der Waals surface area contributed by atoms with E-state index < -0.39 is 17.4 Å². The van der Waals surface area contributed by atoms with Gasteiger partial charge in [0, 0.05) is 6.54 Å². The highest BCUT2D eigenvalue weighted by Gasteiger charge is 2.67. The van der Waals surface area contributed by atoms with E-state index in [9.17, 15) is 9.59 Å². The Labute approximate surface area is 138 Å². The van der Waals surface area contributed by atoms with E-state index in [2.05, 4.69) is 13.8 Å². The molecule has 0 aromatic carbocycles. The van der Waals surface area contributed by atoms with Gasteiger partial charge in [-0.1, -0.05) is 45.3 Å². The predicted octanol–water partition coefficient (Wildman–Crippen LogP) is 2.30. The zero-order chi connectivity index (χ0) is 16.4. The fourth-order valence-corrected chi connectivity index (χ4v) is 4.01. The number of nitrogens with zero attached hydrogens (tertiary/aromatic N) is 1. The van der Waals surface area contributed by atoms with Crippen molar-refractivity contribution in [2.75, 3.05) is 19.7 Å². The molecular formula is C18H27NO4. The fraction of sp³-hybridized carbons (Fsp3) is 0.778. The zero-order valence-corrected chi connectivity index (χ0v) is 14.1. The maximum Gasteiger partial charge on any atom is 0.312 e. The van der Waals surface area contributed by atoms with Crippen molar-refractivity contribution < 1.29 is 19.1 Å². The van der Waals surface area contributed by atoms with E-state index in [1.54, 1.807) is 0 Å². The molecule has 4 unspecified atom stereocenters. The van der Waals surface area contributed by atoms with Gasteiger partial charge in [0.1, 0.15) is 11.5 Å². The van der Waals surface area contributed by atoms with Crippen molar-refractivity contribution in [1.29, 1.82) is 0 Å². The zero-order valence-electron chi connectivity index (χ0n) is 14.1. The van der Waals surface area contributed by atoms with Crippen LogP contribution in [0.3, 0.4) is 0 Å². The summed E-state index contributed by atoms with van der Waals surface area (Å²) in [6.45, 7) is 5.98. The van der Waals surface area contributed by atoms with Gasteiger partial charge >= 0.3 is 5.97 Å². The van der Waals surface area contributed by atoms with E-state index >= 15 is 0 Å². The Bertz CT molecular complexity index is 503. The summed E-state index contributed by atoms with van der Waals surface area (Å²) in [4.78, 5) is 27.1. The molecule has 5 nitrogen and oxygen atoms in total. The summed E-state index contributed by atoms with van der Waals surface area (Å²) in [5.41, 5.74) is -0.595. The van der Waals surface area contributed by atoms with Crippen LogP contribution in [0.5, 0.6) is 0 Å². The summed E-state index contributed by atoms with van der Waals surface area (Å²) < 4.78 is 11.5. The molecule has 0 aliphatic carbocycles. The first-order valence-electron chi connectivity index (χ1n) is 8.95. The molecule has 5 heteroatoms. The maximum atomic E-state index is 12.8. The fourth-order valence-electron chi connectivity index (χ4n) is 4.01. The lowest BCUT2D eigenvalue weighted by Gasteiger charge is -2.22. The molecule has 2 fully saturated rings. The molecule has 2 saturated heterocycles. The van der Waals surface area contributed by atoms with Gasteiger partial charge < -0.3 is 14.4 Å². The first-order valence-corrected chi connectivity index (χ1v) is 8.95. The summed E-state index contributed by atoms with van der Waals surface area (Å²) in [7, 11) is 0. The molecule has 1 amide bonds. The van der Waals surface area contributed by atoms with Crippen molar-refractivity contribution in [2.24, 2.45) is 11.8 Å². The highest BCUT2D eigenvalue weighted by atomic mass is 16.6. The molecule has 3 aliphatic rings. The number of hydrogen-bond acceptors (Lipinski definition) is 4. The highest BCUT2D eigenvalue weighted by molar-refractivity contribution is 5.91. The number of carbonyl (C=O) groups excluding carboxylic acids is 2. The number of rotatable bonds is 8. The normalized spacial score (nSPS) is 34.3. The van der Waals surface area contributed by atoms with Crippen molar-refractivity contribution in [3.8, 4) is 0 Å². The van der Waals surface area contributed by atoms with Crippen LogP contribution in [0.4, 0.5) is 0 Å². The number of amides is 1. The van der Waals surface area contributed by atoms with Gasteiger partial charge in [-0.15, -0.1) is 0 Å². The topological polar surface area (TPSA) is 55.8 Å². The predicted molar refractivity (Wildman–Crippen MR) is 85.7 cm³/mol. The number of ether oxygens (including phenoxy) is 2. The summed E-state index contributed by atoms with van der Waals surface area (Å²) in [5, 5.41) is 0. The Morgan fingerprint density at radius 3 is 2.87 bits per heavy atom. The Balaban J connectivity index is 1.67. The number of unbranched alkanes of at least 4 members (excludes halogenated alkanes) is 3. The van der Waals surface area contributed by atoms with Crippen LogP contribution in [0, 0.1) is 11.8 Å². The van der Waals surface area contributed by atoms with E-state index in [1.165, 1.54) is 0 Å². The van der Waals surface area contributed by atoms with Crippen LogP contribution in [-0.4, -0.2) is 48.2 Å². The number of likely N-dealkylation sites (tertiary alicyclic amines) is 1. The Morgan fingerprint density at radius 1 is 1.35 bits per heavy atom. The van der Waals surface area contributed by atoms with Crippen molar-refractivity contribution in [1.82, 2.24) is 4.90 Å². The SMILES string of the molecule is CCCCCOC(=O)C1C2C=CC3(CN(CCCC)C(=O)C13)O2. The third-order valence-corrected chi connectivity index (χ3v) is 5.22. The molecule has 0 aromatic rings. The molecule has 1 spiro atoms. The second kappa shape index (κ2) is 6.63. The van der Waals surface area contributed by atoms with Crippen LogP contribution in [0.2, 0.25) is 0 Å². The van der Waals surface area contributed by atoms with Crippen molar-refractivity contribution >= 4 is 11.9 Å². The molecular weight excluding hydrogens is 294 g/mol. The molecule has 0 aromatic heterocycles. The van der Waals surface area contributed by atoms with E-state index in [4.69, 9.17) is 9.47 Å². The van der Waals surface area contributed by atoms with Crippen molar-refractivity contribution in [3.63, 3.8) is 0 Å². The molecule has 2 bridgehead atoms. The maximum absolute atomic E-state index is 12.8. The van der Waals surface area contributed by atoms with Crippen LogP contribution < -0.4 is 0 Å². The second-order valence-electron chi connectivity index (χ2n) is 6.89. The van der Waals surface area contributed by atoms with Crippen molar-refractivity contribution in [2.45, 2.75) is 57.7 Å². The van der Waals surface area contributed by atoms with Gasteiger partial charge in [-0.25, -0.2) is 0 Å². The molecule has 0 radical (unpaired) electrons. The monoisotopic (exact) mass is 321 g/mol. The molecule has 3 rings (SSSR count). The minimum atomic E-state index is -0.595. The van der Waals surface area contributed by atoms with Crippen LogP contribution in [-0.2, 0) is 19.1 Å². The third kappa shape index (κ3) is 2.80. The number of esters is 1. The molecule has 23 heavy (non-hydrogen) atoms. The van der Waals surface area contributed by atoms with E-state index in [0.717, 1.165) is 38.6 Å². The highest BCUT2D eigenvalue weighted by Crippen LogP contribution is 2.52. The second-order valence-corrected chi connectivity index (χ2v) is 6.89. The van der Waals surface area contributed by atoms with Crippen LogP contribution in [0.15, 0.2) is 12.2 Å². The van der Waals surface area contributed by atoms with Crippen LogP contribution in [0.25, 0.3) is 0 Å². The Kier molecular flexibility index (Phi) is 4.76. The van der Waals surface area contributed by atoms with Crippen molar-refractivity contribution in [3.05, 3.63) is 12.2 Å². The Hall–Kier alpha value is -1.36. The van der Waals surface area contributed by atoms with Gasteiger partial charge in [-0.05, 0) is 12.8 Å². The standard InChI is InChI=1S/C18H27NO4/c1-3-5-7-11-22-17(21)14-13-8-9-18(23-13)12-19(10-6-4-2)16(20)15(14)18/h8-9,13-15H,3-7,10-12H2,1-2H3. The van der Waals surface area contributed by atoms with Gasteiger partial charge in [-0.2, -0.15) is 0 Å².